The summed E-state index contributed by atoms with van der Waals surface area (Å²) in [5, 5.41) is 5.55. The lowest BCUT2D eigenvalue weighted by atomic mass is 9.99. The van der Waals surface area contributed by atoms with E-state index < -0.39 is 11.6 Å². The van der Waals surface area contributed by atoms with Gasteiger partial charge in [0.05, 0.1) is 0 Å². The first-order valence-corrected chi connectivity index (χ1v) is 10.4. The highest BCUT2D eigenvalue weighted by Gasteiger charge is 2.53. The van der Waals surface area contributed by atoms with Crippen molar-refractivity contribution in [3.8, 4) is 0 Å². The number of rotatable bonds is 7. The molecule has 1 aromatic carbocycles. The van der Waals surface area contributed by atoms with Crippen LogP contribution in [0.1, 0.15) is 12.8 Å². The molecule has 2 N–H and O–H groups in total. The maximum Gasteiger partial charge on any atom is 0.325 e. The van der Waals surface area contributed by atoms with Crippen LogP contribution >= 0.6 is 23.5 Å². The molecular formula is C17H21N3O3S2. The highest BCUT2D eigenvalue weighted by Crippen LogP contribution is 2.33. The predicted octanol–water partition coefficient (Wildman–Crippen LogP) is 1.71. The van der Waals surface area contributed by atoms with Crippen LogP contribution in [0.25, 0.3) is 0 Å². The Balaban J connectivity index is 1.38. The minimum absolute atomic E-state index is 0.205. The first-order chi connectivity index (χ1) is 12.1. The first kappa shape index (κ1) is 18.1. The van der Waals surface area contributed by atoms with Crippen molar-refractivity contribution in [2.75, 3.05) is 30.3 Å². The third-order valence-electron chi connectivity index (χ3n) is 4.22. The minimum Gasteiger partial charge on any atom is -0.355 e. The summed E-state index contributed by atoms with van der Waals surface area (Å²) in [5.41, 5.74) is -0.783. The van der Waals surface area contributed by atoms with E-state index in [9.17, 15) is 14.4 Å². The zero-order valence-corrected chi connectivity index (χ0v) is 15.5. The molecule has 2 saturated heterocycles. The molecule has 3 rings (SSSR count). The van der Waals surface area contributed by atoms with E-state index in [1.807, 2.05) is 18.2 Å². The summed E-state index contributed by atoms with van der Waals surface area (Å²) in [6.45, 7) is 0.326. The van der Waals surface area contributed by atoms with Crippen LogP contribution in [0.2, 0.25) is 0 Å². The van der Waals surface area contributed by atoms with Gasteiger partial charge in [0.15, 0.2) is 0 Å². The maximum atomic E-state index is 12.5. The Kier molecular flexibility index (Phi) is 5.90. The van der Waals surface area contributed by atoms with Gasteiger partial charge in [0.2, 0.25) is 5.91 Å². The number of hydrogen-bond donors (Lipinski definition) is 2. The predicted molar refractivity (Wildman–Crippen MR) is 99.7 cm³/mol. The lowest BCUT2D eigenvalue weighted by Gasteiger charge is -2.19. The zero-order chi connectivity index (χ0) is 17.7. The van der Waals surface area contributed by atoms with Crippen LogP contribution in [0.15, 0.2) is 35.2 Å². The van der Waals surface area contributed by atoms with Gasteiger partial charge in [-0.05, 0) is 36.5 Å². The van der Waals surface area contributed by atoms with E-state index in [-0.39, 0.29) is 18.4 Å². The van der Waals surface area contributed by atoms with Crippen molar-refractivity contribution in [2.24, 2.45) is 0 Å². The van der Waals surface area contributed by atoms with Gasteiger partial charge in [-0.2, -0.15) is 11.8 Å². The molecule has 2 aliphatic heterocycles. The highest BCUT2D eigenvalue weighted by atomic mass is 32.2. The molecule has 4 amide bonds. The molecule has 1 atom stereocenters. The van der Waals surface area contributed by atoms with Gasteiger partial charge in [-0.15, -0.1) is 11.8 Å². The fourth-order valence-corrected chi connectivity index (χ4v) is 5.06. The van der Waals surface area contributed by atoms with Gasteiger partial charge in [0, 0.05) is 17.2 Å². The second-order valence-corrected chi connectivity index (χ2v) is 8.34. The largest absolute Gasteiger partial charge is 0.355 e. The molecular weight excluding hydrogens is 358 g/mol. The van der Waals surface area contributed by atoms with Crippen LogP contribution in [-0.2, 0) is 9.59 Å². The van der Waals surface area contributed by atoms with Gasteiger partial charge in [-0.1, -0.05) is 18.2 Å². The molecule has 0 bridgehead atoms. The lowest BCUT2D eigenvalue weighted by Crippen LogP contribution is -2.47. The van der Waals surface area contributed by atoms with Gasteiger partial charge >= 0.3 is 6.03 Å². The topological polar surface area (TPSA) is 78.5 Å². The van der Waals surface area contributed by atoms with Crippen LogP contribution in [0.5, 0.6) is 0 Å². The Morgan fingerprint density at radius 1 is 1.32 bits per heavy atom. The quantitative estimate of drug-likeness (QED) is 0.428. The van der Waals surface area contributed by atoms with Crippen molar-refractivity contribution in [1.29, 1.82) is 0 Å². The number of nitrogens with one attached hydrogen (secondary N) is 2. The van der Waals surface area contributed by atoms with E-state index >= 15 is 0 Å². The number of imide groups is 1. The molecule has 8 heteroatoms. The Bertz CT molecular complexity index is 648. The molecule has 1 unspecified atom stereocenters. The van der Waals surface area contributed by atoms with E-state index in [4.69, 9.17) is 0 Å². The first-order valence-electron chi connectivity index (χ1n) is 8.27. The molecule has 2 heterocycles. The van der Waals surface area contributed by atoms with Crippen molar-refractivity contribution < 1.29 is 14.4 Å². The molecule has 1 aromatic rings. The van der Waals surface area contributed by atoms with Gasteiger partial charge in [-0.3, -0.25) is 14.5 Å². The second kappa shape index (κ2) is 8.14. The number of urea groups is 1. The molecule has 2 fully saturated rings. The minimum atomic E-state index is -0.783. The fraction of sp³-hybridized carbons (Fsp3) is 0.471. The summed E-state index contributed by atoms with van der Waals surface area (Å²) in [7, 11) is 0. The molecule has 0 saturated carbocycles. The number of thioether (sulfide) groups is 2. The van der Waals surface area contributed by atoms with Crippen LogP contribution in [0, 0.1) is 0 Å². The summed E-state index contributed by atoms with van der Waals surface area (Å²) < 4.78 is 0. The second-order valence-electron chi connectivity index (χ2n) is 6.07. The molecule has 6 nitrogen and oxygen atoms in total. The van der Waals surface area contributed by atoms with Crippen LogP contribution in [0.4, 0.5) is 4.79 Å². The highest BCUT2D eigenvalue weighted by molar-refractivity contribution is 7.99. The Morgan fingerprint density at radius 2 is 2.12 bits per heavy atom. The molecule has 2 aliphatic rings. The average molecular weight is 380 g/mol. The molecule has 0 radical (unpaired) electrons. The van der Waals surface area contributed by atoms with Gasteiger partial charge in [0.1, 0.15) is 12.1 Å². The molecule has 25 heavy (non-hydrogen) atoms. The molecule has 134 valence electrons. The summed E-state index contributed by atoms with van der Waals surface area (Å²) in [5.74, 6) is 1.78. The van der Waals surface area contributed by atoms with Gasteiger partial charge < -0.3 is 10.6 Å². The van der Waals surface area contributed by atoms with Crippen molar-refractivity contribution in [2.45, 2.75) is 23.3 Å². The van der Waals surface area contributed by atoms with Gasteiger partial charge in [0.25, 0.3) is 5.91 Å². The third-order valence-corrected chi connectivity index (χ3v) is 6.51. The number of benzene rings is 1. The van der Waals surface area contributed by atoms with E-state index in [1.165, 1.54) is 4.90 Å². The molecule has 0 aliphatic carbocycles. The van der Waals surface area contributed by atoms with Gasteiger partial charge in [-0.25, -0.2) is 4.79 Å². The standard InChI is InChI=1S/C17H21N3O3S2/c21-14(18-8-4-9-25-13-5-2-1-3-6-13)11-20-15(22)17(19-16(20)23)7-10-24-12-17/h1-3,5-6H,4,7-12H2,(H,18,21)(H,19,23). The number of hydrogen-bond acceptors (Lipinski definition) is 5. The zero-order valence-electron chi connectivity index (χ0n) is 13.8. The monoisotopic (exact) mass is 379 g/mol. The average Bonchev–Trinajstić information content (AvgIpc) is 3.17. The van der Waals surface area contributed by atoms with Crippen molar-refractivity contribution >= 4 is 41.4 Å². The fourth-order valence-electron chi connectivity index (χ4n) is 2.86. The smallest absolute Gasteiger partial charge is 0.325 e. The van der Waals surface area contributed by atoms with Crippen LogP contribution < -0.4 is 10.6 Å². The van der Waals surface area contributed by atoms with E-state index in [1.54, 1.807) is 23.5 Å². The normalized spacial score (nSPS) is 22.5. The lowest BCUT2D eigenvalue weighted by molar-refractivity contribution is -0.134. The van der Waals surface area contributed by atoms with Crippen LogP contribution in [-0.4, -0.2) is 58.6 Å². The van der Waals surface area contributed by atoms with E-state index in [0.717, 1.165) is 22.8 Å². The summed E-state index contributed by atoms with van der Waals surface area (Å²) in [4.78, 5) is 38.7. The van der Waals surface area contributed by atoms with E-state index in [2.05, 4.69) is 22.8 Å². The Hall–Kier alpha value is -1.67. The summed E-state index contributed by atoms with van der Waals surface area (Å²) in [6.07, 6.45) is 1.46. The van der Waals surface area contributed by atoms with Crippen molar-refractivity contribution in [1.82, 2.24) is 15.5 Å². The number of nitrogens with zero attached hydrogens (tertiary/aromatic N) is 1. The number of carbonyl (C=O) groups is 3. The van der Waals surface area contributed by atoms with Crippen molar-refractivity contribution in [3.63, 3.8) is 0 Å². The third kappa shape index (κ3) is 4.30. The summed E-state index contributed by atoms with van der Waals surface area (Å²) >= 11 is 3.39. The molecule has 0 aromatic heterocycles. The van der Waals surface area contributed by atoms with Crippen molar-refractivity contribution in [3.05, 3.63) is 30.3 Å². The SMILES string of the molecule is O=C(CN1C(=O)NC2(CCSC2)C1=O)NCCCSc1ccccc1. The Morgan fingerprint density at radius 3 is 2.84 bits per heavy atom. The molecule has 1 spiro atoms. The maximum absolute atomic E-state index is 12.5. The summed E-state index contributed by atoms with van der Waals surface area (Å²) in [6, 6.07) is 9.63. The van der Waals surface area contributed by atoms with Crippen LogP contribution in [0.3, 0.4) is 0 Å². The number of carbonyl (C=O) groups excluding carboxylic acids is 3. The number of amides is 4. The Labute approximate surface area is 155 Å². The van der Waals surface area contributed by atoms with E-state index in [0.29, 0.717) is 18.7 Å².